The summed E-state index contributed by atoms with van der Waals surface area (Å²) < 4.78 is 13.8. The number of rotatable bonds is 9. The van der Waals surface area contributed by atoms with Gasteiger partial charge in [0.25, 0.3) is 0 Å². The van der Waals surface area contributed by atoms with Gasteiger partial charge in [-0.15, -0.1) is 24.0 Å². The molecule has 8 nitrogen and oxygen atoms in total. The fourth-order valence-electron chi connectivity index (χ4n) is 3.92. The first-order valence-electron chi connectivity index (χ1n) is 11.5. The molecule has 0 aliphatic heterocycles. The first kappa shape index (κ1) is 25.8. The maximum absolute atomic E-state index is 6.35. The number of hydrogen-bond donors (Lipinski definition) is 2. The van der Waals surface area contributed by atoms with Crippen molar-refractivity contribution in [2.24, 2.45) is 4.99 Å². The molecule has 1 aromatic carbocycles. The molecule has 1 saturated carbocycles. The Labute approximate surface area is 218 Å². The zero-order chi connectivity index (χ0) is 22.9. The Morgan fingerprint density at radius 3 is 2.71 bits per heavy atom. The van der Waals surface area contributed by atoms with Crippen molar-refractivity contribution in [1.82, 2.24) is 25.2 Å². The summed E-state index contributed by atoms with van der Waals surface area (Å²) in [6.45, 7) is 3.94. The second-order valence-electron chi connectivity index (χ2n) is 8.02. The minimum absolute atomic E-state index is 0. The lowest BCUT2D eigenvalue weighted by molar-refractivity contribution is 0.198. The molecule has 0 radical (unpaired) electrons. The number of methoxy groups -OCH3 is 1. The number of para-hydroxylation sites is 1. The Bertz CT molecular complexity index is 1030. The summed E-state index contributed by atoms with van der Waals surface area (Å²) in [5.74, 6) is 3.17. The zero-order valence-electron chi connectivity index (χ0n) is 19.7. The Morgan fingerprint density at radius 1 is 1.18 bits per heavy atom. The number of pyridine rings is 1. The second-order valence-corrected chi connectivity index (χ2v) is 8.02. The average molecular weight is 576 g/mol. The molecule has 1 aliphatic rings. The lowest BCUT2D eigenvalue weighted by Crippen LogP contribution is -2.37. The van der Waals surface area contributed by atoms with E-state index in [0.717, 1.165) is 53.8 Å². The van der Waals surface area contributed by atoms with Crippen molar-refractivity contribution in [2.45, 2.75) is 51.8 Å². The van der Waals surface area contributed by atoms with E-state index in [-0.39, 0.29) is 30.1 Å². The quantitative estimate of drug-likeness (QED) is 0.222. The predicted molar refractivity (Wildman–Crippen MR) is 144 cm³/mol. The molecule has 2 aromatic heterocycles. The number of nitrogens with one attached hydrogen (secondary N) is 2. The van der Waals surface area contributed by atoms with Crippen LogP contribution in [0.1, 0.15) is 43.7 Å². The van der Waals surface area contributed by atoms with E-state index >= 15 is 0 Å². The molecule has 9 heteroatoms. The van der Waals surface area contributed by atoms with Gasteiger partial charge in [-0.3, -0.25) is 4.57 Å². The molecule has 182 valence electrons. The zero-order valence-corrected chi connectivity index (χ0v) is 22.1. The molecule has 4 rings (SSSR count). The topological polar surface area (TPSA) is 85.6 Å². The van der Waals surface area contributed by atoms with E-state index < -0.39 is 0 Å². The number of halogens is 1. The third-order valence-electron chi connectivity index (χ3n) is 5.66. The standard InChI is InChI=1S/C25H32N6O2.HI/c1-3-27-25(29-16-19-11-12-23(28-15-19)31-14-13-26-18-31)30-17-20-7-6-10-22(32-2)24(20)33-21-8-4-5-9-21;/h6-7,10-15,18,21H,3-5,8-9,16-17H2,1-2H3,(H2,27,29,30);1H. The molecule has 0 atom stereocenters. The van der Waals surface area contributed by atoms with Gasteiger partial charge in [-0.05, 0) is 50.3 Å². The average Bonchev–Trinajstić information content (AvgIpc) is 3.56. The van der Waals surface area contributed by atoms with E-state index in [2.05, 4.69) is 33.6 Å². The molecule has 1 fully saturated rings. The van der Waals surface area contributed by atoms with Gasteiger partial charge in [0.05, 0.1) is 19.8 Å². The largest absolute Gasteiger partial charge is 0.493 e. The number of hydrogen-bond acceptors (Lipinski definition) is 5. The van der Waals surface area contributed by atoms with Gasteiger partial charge in [-0.25, -0.2) is 15.0 Å². The Balaban J connectivity index is 0.00000324. The number of nitrogens with zero attached hydrogens (tertiary/aromatic N) is 4. The smallest absolute Gasteiger partial charge is 0.191 e. The van der Waals surface area contributed by atoms with Gasteiger partial charge >= 0.3 is 0 Å². The summed E-state index contributed by atoms with van der Waals surface area (Å²) in [5.41, 5.74) is 2.08. The maximum atomic E-state index is 6.35. The summed E-state index contributed by atoms with van der Waals surface area (Å²) in [6.07, 6.45) is 12.1. The van der Waals surface area contributed by atoms with Crippen LogP contribution < -0.4 is 20.1 Å². The van der Waals surface area contributed by atoms with Crippen molar-refractivity contribution in [3.8, 4) is 17.3 Å². The molecule has 0 bridgehead atoms. The van der Waals surface area contributed by atoms with Crippen molar-refractivity contribution >= 4 is 29.9 Å². The first-order valence-corrected chi connectivity index (χ1v) is 11.5. The molecule has 1 aliphatic carbocycles. The van der Waals surface area contributed by atoms with E-state index in [9.17, 15) is 0 Å². The lowest BCUT2D eigenvalue weighted by atomic mass is 10.1. The first-order chi connectivity index (χ1) is 16.3. The molecular formula is C25H33IN6O2. The summed E-state index contributed by atoms with van der Waals surface area (Å²) in [4.78, 5) is 13.3. The van der Waals surface area contributed by atoms with Crippen LogP contribution in [0.25, 0.3) is 5.82 Å². The summed E-state index contributed by atoms with van der Waals surface area (Å²) in [6, 6.07) is 10.0. The summed E-state index contributed by atoms with van der Waals surface area (Å²) >= 11 is 0. The normalized spacial score (nSPS) is 13.9. The summed E-state index contributed by atoms with van der Waals surface area (Å²) in [7, 11) is 1.69. The van der Waals surface area contributed by atoms with E-state index in [0.29, 0.717) is 13.1 Å². The number of guanidine groups is 1. The molecule has 34 heavy (non-hydrogen) atoms. The van der Waals surface area contributed by atoms with Crippen molar-refractivity contribution < 1.29 is 9.47 Å². The van der Waals surface area contributed by atoms with Crippen LogP contribution in [0.4, 0.5) is 0 Å². The minimum atomic E-state index is 0. The second kappa shape index (κ2) is 13.2. The number of ether oxygens (including phenoxy) is 2. The number of aromatic nitrogens is 3. The third kappa shape index (κ3) is 6.85. The molecule has 0 amide bonds. The Morgan fingerprint density at radius 2 is 2.03 bits per heavy atom. The molecule has 2 heterocycles. The highest BCUT2D eigenvalue weighted by Crippen LogP contribution is 2.34. The van der Waals surface area contributed by atoms with Crippen molar-refractivity contribution in [3.63, 3.8) is 0 Å². The van der Waals surface area contributed by atoms with Gasteiger partial charge in [0.1, 0.15) is 12.1 Å². The van der Waals surface area contributed by atoms with Gasteiger partial charge in [-0.1, -0.05) is 18.2 Å². The van der Waals surface area contributed by atoms with Gasteiger partial charge in [0.15, 0.2) is 17.5 Å². The molecular weight excluding hydrogens is 543 g/mol. The van der Waals surface area contributed by atoms with Gasteiger partial charge < -0.3 is 20.1 Å². The van der Waals surface area contributed by atoms with Crippen LogP contribution >= 0.6 is 24.0 Å². The van der Waals surface area contributed by atoms with Crippen molar-refractivity contribution in [1.29, 1.82) is 0 Å². The molecule has 0 unspecified atom stereocenters. The van der Waals surface area contributed by atoms with E-state index in [4.69, 9.17) is 14.5 Å². The highest BCUT2D eigenvalue weighted by molar-refractivity contribution is 14.0. The van der Waals surface area contributed by atoms with Crippen LogP contribution in [-0.2, 0) is 13.1 Å². The van der Waals surface area contributed by atoms with Crippen molar-refractivity contribution in [3.05, 3.63) is 66.4 Å². The third-order valence-corrected chi connectivity index (χ3v) is 5.66. The fourth-order valence-corrected chi connectivity index (χ4v) is 3.92. The molecule has 2 N–H and O–H groups in total. The number of benzene rings is 1. The Kier molecular flexibility index (Phi) is 9.99. The van der Waals surface area contributed by atoms with Crippen LogP contribution in [0.3, 0.4) is 0 Å². The maximum Gasteiger partial charge on any atom is 0.191 e. The van der Waals surface area contributed by atoms with Gasteiger partial charge in [0.2, 0.25) is 0 Å². The lowest BCUT2D eigenvalue weighted by Gasteiger charge is -2.20. The Hall–Kier alpha value is -2.82. The van der Waals surface area contributed by atoms with Gasteiger partial charge in [0, 0.05) is 37.2 Å². The van der Waals surface area contributed by atoms with Crippen LogP contribution in [0.2, 0.25) is 0 Å². The van der Waals surface area contributed by atoms with Crippen LogP contribution in [0.15, 0.2) is 60.2 Å². The predicted octanol–water partition coefficient (Wildman–Crippen LogP) is 4.47. The minimum Gasteiger partial charge on any atom is -0.493 e. The van der Waals surface area contributed by atoms with Crippen LogP contribution in [0.5, 0.6) is 11.5 Å². The van der Waals surface area contributed by atoms with E-state index in [1.54, 1.807) is 19.6 Å². The van der Waals surface area contributed by atoms with Gasteiger partial charge in [-0.2, -0.15) is 0 Å². The van der Waals surface area contributed by atoms with E-state index in [1.807, 2.05) is 41.2 Å². The van der Waals surface area contributed by atoms with Crippen LogP contribution in [-0.4, -0.2) is 40.3 Å². The van der Waals surface area contributed by atoms with Crippen molar-refractivity contribution in [2.75, 3.05) is 13.7 Å². The molecule has 3 aromatic rings. The van der Waals surface area contributed by atoms with Crippen LogP contribution in [0, 0.1) is 0 Å². The van der Waals surface area contributed by atoms with E-state index in [1.165, 1.54) is 12.8 Å². The highest BCUT2D eigenvalue weighted by atomic mass is 127. The summed E-state index contributed by atoms with van der Waals surface area (Å²) in [5, 5.41) is 6.74. The number of imidazole rings is 1. The number of aliphatic imine (C=N–C) groups is 1. The molecule has 0 saturated heterocycles. The fraction of sp³-hybridized carbons (Fsp3) is 0.400. The molecule has 0 spiro atoms. The monoisotopic (exact) mass is 576 g/mol. The highest BCUT2D eigenvalue weighted by Gasteiger charge is 2.20. The SMILES string of the molecule is CCNC(=NCc1ccc(-n2ccnc2)nc1)NCc1cccc(OC)c1OC1CCCC1.I.